The lowest BCUT2D eigenvalue weighted by Gasteiger charge is -2.28. The first-order chi connectivity index (χ1) is 8.03. The van der Waals surface area contributed by atoms with E-state index in [0.29, 0.717) is 0 Å². The highest BCUT2D eigenvalue weighted by Crippen LogP contribution is 2.30. The average Bonchev–Trinajstić information content (AvgIpc) is 2.65. The van der Waals surface area contributed by atoms with Crippen LogP contribution in [0.25, 0.3) is 0 Å². The molecule has 0 fully saturated rings. The Morgan fingerprint density at radius 3 is 2.59 bits per heavy atom. The third-order valence-corrected chi connectivity index (χ3v) is 4.41. The molecule has 3 nitrogen and oxygen atoms in total. The van der Waals surface area contributed by atoms with Crippen LogP contribution in [0.1, 0.15) is 42.3 Å². The fourth-order valence-electron chi connectivity index (χ4n) is 1.69. The number of aryl methyl sites for hydroxylation is 2. The number of aromatic nitrogens is 1. The number of hydrogen-bond acceptors (Lipinski definition) is 4. The Hall–Kier alpha value is -0.450. The van der Waals surface area contributed by atoms with E-state index < -0.39 is 0 Å². The lowest BCUT2D eigenvalue weighted by atomic mass is 9.99. The summed E-state index contributed by atoms with van der Waals surface area (Å²) in [5.74, 6) is 0. The standard InChI is InChI=1S/C13H24N2OS/c1-6-8-14-13(4,7-9-16-5)12-15-10(2)11(3)17-12/h14H,6-9H2,1-5H3. The van der Waals surface area contributed by atoms with E-state index in [4.69, 9.17) is 4.74 Å². The average molecular weight is 256 g/mol. The lowest BCUT2D eigenvalue weighted by Crippen LogP contribution is -2.41. The molecule has 1 aromatic heterocycles. The third kappa shape index (κ3) is 3.76. The summed E-state index contributed by atoms with van der Waals surface area (Å²) in [7, 11) is 1.75. The molecular formula is C13H24N2OS. The van der Waals surface area contributed by atoms with Crippen LogP contribution in [0.3, 0.4) is 0 Å². The van der Waals surface area contributed by atoms with Crippen LogP contribution >= 0.6 is 11.3 Å². The molecule has 0 aliphatic carbocycles. The molecule has 0 amide bonds. The normalized spacial score (nSPS) is 14.9. The van der Waals surface area contributed by atoms with Gasteiger partial charge in [-0.05, 0) is 40.2 Å². The number of methoxy groups -OCH3 is 1. The highest BCUT2D eigenvalue weighted by molar-refractivity contribution is 7.11. The van der Waals surface area contributed by atoms with Crippen molar-refractivity contribution >= 4 is 11.3 Å². The Morgan fingerprint density at radius 1 is 1.41 bits per heavy atom. The fraction of sp³-hybridized carbons (Fsp3) is 0.769. The number of thiazole rings is 1. The maximum atomic E-state index is 5.21. The Morgan fingerprint density at radius 2 is 2.12 bits per heavy atom. The second kappa shape index (κ2) is 6.47. The molecule has 1 atom stereocenters. The van der Waals surface area contributed by atoms with Gasteiger partial charge in [0, 0.05) is 18.6 Å². The van der Waals surface area contributed by atoms with Gasteiger partial charge in [0.2, 0.25) is 0 Å². The van der Waals surface area contributed by atoms with Crippen LogP contribution in [0, 0.1) is 13.8 Å². The maximum Gasteiger partial charge on any atom is 0.113 e. The molecule has 1 unspecified atom stereocenters. The van der Waals surface area contributed by atoms with E-state index in [1.54, 1.807) is 18.4 Å². The first-order valence-corrected chi connectivity index (χ1v) is 7.03. The highest BCUT2D eigenvalue weighted by Gasteiger charge is 2.29. The summed E-state index contributed by atoms with van der Waals surface area (Å²) in [6, 6.07) is 0. The summed E-state index contributed by atoms with van der Waals surface area (Å²) in [5, 5.41) is 4.78. The Balaban J connectivity index is 2.87. The molecule has 0 saturated carbocycles. The Bertz CT molecular complexity index is 322. The van der Waals surface area contributed by atoms with Crippen LogP contribution in [-0.2, 0) is 10.3 Å². The molecule has 1 aromatic rings. The molecule has 0 radical (unpaired) electrons. The topological polar surface area (TPSA) is 34.1 Å². The summed E-state index contributed by atoms with van der Waals surface area (Å²) < 4.78 is 5.21. The van der Waals surface area contributed by atoms with Gasteiger partial charge in [-0.1, -0.05) is 6.92 Å². The van der Waals surface area contributed by atoms with Gasteiger partial charge in [0.05, 0.1) is 11.2 Å². The van der Waals surface area contributed by atoms with E-state index in [-0.39, 0.29) is 5.54 Å². The molecule has 0 aliphatic rings. The van der Waals surface area contributed by atoms with Gasteiger partial charge in [-0.15, -0.1) is 11.3 Å². The van der Waals surface area contributed by atoms with E-state index >= 15 is 0 Å². The maximum absolute atomic E-state index is 5.21. The van der Waals surface area contributed by atoms with E-state index in [1.165, 1.54) is 9.88 Å². The number of hydrogen-bond donors (Lipinski definition) is 1. The van der Waals surface area contributed by atoms with Gasteiger partial charge in [-0.3, -0.25) is 0 Å². The fourth-order valence-corrected chi connectivity index (χ4v) is 2.75. The van der Waals surface area contributed by atoms with Crippen molar-refractivity contribution in [3.8, 4) is 0 Å². The number of rotatable bonds is 7. The first-order valence-electron chi connectivity index (χ1n) is 6.22. The highest BCUT2D eigenvalue weighted by atomic mass is 32.1. The van der Waals surface area contributed by atoms with Crippen molar-refractivity contribution in [1.82, 2.24) is 10.3 Å². The molecule has 17 heavy (non-hydrogen) atoms. The van der Waals surface area contributed by atoms with E-state index in [2.05, 4.69) is 38.0 Å². The molecule has 1 N–H and O–H groups in total. The molecule has 1 heterocycles. The number of nitrogens with one attached hydrogen (secondary N) is 1. The van der Waals surface area contributed by atoms with E-state index in [0.717, 1.165) is 31.7 Å². The molecule has 0 saturated heterocycles. The first kappa shape index (κ1) is 14.6. The van der Waals surface area contributed by atoms with Gasteiger partial charge in [0.25, 0.3) is 0 Å². The summed E-state index contributed by atoms with van der Waals surface area (Å²) in [6.45, 7) is 10.4. The predicted octanol–water partition coefficient (Wildman–Crippen LogP) is 3.01. The minimum atomic E-state index is -0.0598. The van der Waals surface area contributed by atoms with Crippen LogP contribution in [0.4, 0.5) is 0 Å². The van der Waals surface area contributed by atoms with E-state index in [9.17, 15) is 0 Å². The van der Waals surface area contributed by atoms with Crippen molar-refractivity contribution in [3.63, 3.8) is 0 Å². The minimum absolute atomic E-state index is 0.0598. The van der Waals surface area contributed by atoms with Crippen LogP contribution in [-0.4, -0.2) is 25.2 Å². The zero-order valence-corrected chi connectivity index (χ0v) is 12.4. The number of nitrogens with zero attached hydrogens (tertiary/aromatic N) is 1. The third-order valence-electron chi connectivity index (χ3n) is 3.07. The summed E-state index contributed by atoms with van der Waals surface area (Å²) >= 11 is 1.79. The molecule has 4 heteroatoms. The van der Waals surface area contributed by atoms with Crippen LogP contribution in [0.5, 0.6) is 0 Å². The SMILES string of the molecule is CCCNC(C)(CCOC)c1nc(C)c(C)s1. The van der Waals surface area contributed by atoms with Gasteiger partial charge in [0.15, 0.2) is 0 Å². The predicted molar refractivity (Wildman–Crippen MR) is 73.7 cm³/mol. The molecule has 0 aliphatic heterocycles. The largest absolute Gasteiger partial charge is 0.385 e. The van der Waals surface area contributed by atoms with Crippen molar-refractivity contribution in [2.45, 2.75) is 46.1 Å². The van der Waals surface area contributed by atoms with Crippen molar-refractivity contribution in [2.75, 3.05) is 20.3 Å². The van der Waals surface area contributed by atoms with Gasteiger partial charge in [-0.2, -0.15) is 0 Å². The summed E-state index contributed by atoms with van der Waals surface area (Å²) in [6.07, 6.45) is 2.09. The molecule has 0 aromatic carbocycles. The summed E-state index contributed by atoms with van der Waals surface area (Å²) in [4.78, 5) is 6.00. The Kier molecular flexibility index (Phi) is 5.56. The minimum Gasteiger partial charge on any atom is -0.385 e. The Labute approximate surface area is 109 Å². The molecule has 0 bridgehead atoms. The van der Waals surface area contributed by atoms with Crippen LogP contribution in [0.15, 0.2) is 0 Å². The van der Waals surface area contributed by atoms with Crippen molar-refractivity contribution in [3.05, 3.63) is 15.6 Å². The van der Waals surface area contributed by atoms with Crippen molar-refractivity contribution < 1.29 is 4.74 Å². The zero-order valence-electron chi connectivity index (χ0n) is 11.6. The van der Waals surface area contributed by atoms with Gasteiger partial charge < -0.3 is 10.1 Å². The summed E-state index contributed by atoms with van der Waals surface area (Å²) in [5.41, 5.74) is 1.09. The van der Waals surface area contributed by atoms with Gasteiger partial charge >= 0.3 is 0 Å². The number of ether oxygens (including phenoxy) is 1. The van der Waals surface area contributed by atoms with Crippen molar-refractivity contribution in [2.24, 2.45) is 0 Å². The molecular weight excluding hydrogens is 232 g/mol. The van der Waals surface area contributed by atoms with Crippen LogP contribution < -0.4 is 5.32 Å². The second-order valence-electron chi connectivity index (χ2n) is 4.66. The monoisotopic (exact) mass is 256 g/mol. The van der Waals surface area contributed by atoms with Crippen LogP contribution in [0.2, 0.25) is 0 Å². The zero-order chi connectivity index (χ0) is 12.9. The van der Waals surface area contributed by atoms with Gasteiger partial charge in [0.1, 0.15) is 5.01 Å². The molecule has 0 spiro atoms. The van der Waals surface area contributed by atoms with E-state index in [1.807, 2.05) is 0 Å². The smallest absolute Gasteiger partial charge is 0.113 e. The van der Waals surface area contributed by atoms with Crippen molar-refractivity contribution in [1.29, 1.82) is 0 Å². The molecule has 98 valence electrons. The lowest BCUT2D eigenvalue weighted by molar-refractivity contribution is 0.159. The van der Waals surface area contributed by atoms with Gasteiger partial charge in [-0.25, -0.2) is 4.98 Å². The quantitative estimate of drug-likeness (QED) is 0.814. The molecule has 1 rings (SSSR count). The second-order valence-corrected chi connectivity index (χ2v) is 5.87.